The highest BCUT2D eigenvalue weighted by Crippen LogP contribution is 2.42. The Kier molecular flexibility index (Phi) is 7.56. The second-order valence-electron chi connectivity index (χ2n) is 14.3. The molecule has 7 aromatic carbocycles. The summed E-state index contributed by atoms with van der Waals surface area (Å²) in [4.78, 5) is 15.1. The van der Waals surface area contributed by atoms with Crippen LogP contribution in [0, 0.1) is 0 Å². The zero-order valence-corrected chi connectivity index (χ0v) is 30.4. The van der Waals surface area contributed by atoms with Gasteiger partial charge in [0.1, 0.15) is 11.3 Å². The maximum Gasteiger partial charge on any atom is 0.164 e. The molecule has 1 aliphatic carbocycles. The minimum atomic E-state index is 0.648. The van der Waals surface area contributed by atoms with Crippen LogP contribution in [0.4, 0.5) is 0 Å². The number of furan rings is 1. The molecule has 10 aromatic rings. The molecule has 0 radical (unpaired) electrons. The lowest BCUT2D eigenvalue weighted by atomic mass is 9.93. The molecular weight excluding hydrogens is 685 g/mol. The first kappa shape index (κ1) is 32.1. The number of allylic oxidation sites excluding steroid dienone is 1. The van der Waals surface area contributed by atoms with Gasteiger partial charge in [0, 0.05) is 56.6 Å². The van der Waals surface area contributed by atoms with Gasteiger partial charge in [0.05, 0.1) is 11.0 Å². The van der Waals surface area contributed by atoms with Crippen LogP contribution in [-0.2, 0) is 6.42 Å². The van der Waals surface area contributed by atoms with E-state index in [-0.39, 0.29) is 0 Å². The van der Waals surface area contributed by atoms with Crippen LogP contribution in [0.15, 0.2) is 186 Å². The average molecular weight is 719 g/mol. The zero-order chi connectivity index (χ0) is 37.0. The Balaban J connectivity index is 1.07. The van der Waals surface area contributed by atoms with E-state index in [9.17, 15) is 0 Å². The van der Waals surface area contributed by atoms with E-state index in [0.29, 0.717) is 17.5 Å². The van der Waals surface area contributed by atoms with Gasteiger partial charge in [-0.3, -0.25) is 0 Å². The zero-order valence-electron chi connectivity index (χ0n) is 30.4. The number of fused-ring (bicyclic) bond motifs is 6. The topological polar surface area (TPSA) is 56.7 Å². The van der Waals surface area contributed by atoms with Crippen LogP contribution >= 0.6 is 0 Å². The molecule has 0 spiro atoms. The summed E-state index contributed by atoms with van der Waals surface area (Å²) in [5.41, 5.74) is 12.9. The van der Waals surface area contributed by atoms with Crippen LogP contribution in [0.1, 0.15) is 23.6 Å². The van der Waals surface area contributed by atoms with E-state index in [1.807, 2.05) is 60.7 Å². The van der Waals surface area contributed by atoms with Crippen molar-refractivity contribution in [3.05, 3.63) is 199 Å². The van der Waals surface area contributed by atoms with Gasteiger partial charge in [-0.05, 0) is 65.1 Å². The van der Waals surface area contributed by atoms with Gasteiger partial charge in [0.2, 0.25) is 0 Å². The van der Waals surface area contributed by atoms with Gasteiger partial charge in [0.25, 0.3) is 0 Å². The molecule has 1 aliphatic rings. The lowest BCUT2D eigenvalue weighted by Crippen LogP contribution is -2.06. The van der Waals surface area contributed by atoms with Crippen molar-refractivity contribution in [2.45, 2.75) is 12.8 Å². The third-order valence-electron chi connectivity index (χ3n) is 10.9. The van der Waals surface area contributed by atoms with Crippen molar-refractivity contribution in [3.8, 4) is 50.7 Å². The normalized spacial score (nSPS) is 12.6. The summed E-state index contributed by atoms with van der Waals surface area (Å²) in [7, 11) is 0. The fourth-order valence-corrected chi connectivity index (χ4v) is 8.25. The summed E-state index contributed by atoms with van der Waals surface area (Å²) < 4.78 is 9.13. The maximum atomic E-state index is 6.76. The third-order valence-corrected chi connectivity index (χ3v) is 10.9. The van der Waals surface area contributed by atoms with Crippen LogP contribution in [0.2, 0.25) is 0 Å². The summed E-state index contributed by atoms with van der Waals surface area (Å²) in [6.45, 7) is 0. The Morgan fingerprint density at radius 3 is 1.46 bits per heavy atom. The van der Waals surface area contributed by atoms with Crippen molar-refractivity contribution in [1.29, 1.82) is 0 Å². The van der Waals surface area contributed by atoms with Crippen molar-refractivity contribution in [1.82, 2.24) is 19.5 Å². The van der Waals surface area contributed by atoms with Crippen molar-refractivity contribution in [2.24, 2.45) is 0 Å². The summed E-state index contributed by atoms with van der Waals surface area (Å²) in [6.07, 6.45) is 3.90. The number of aromatic nitrogens is 4. The molecule has 3 aromatic heterocycles. The van der Waals surface area contributed by atoms with Crippen molar-refractivity contribution >= 4 is 38.3 Å². The van der Waals surface area contributed by atoms with Crippen molar-refractivity contribution in [2.75, 3.05) is 0 Å². The van der Waals surface area contributed by atoms with Crippen LogP contribution in [0.3, 0.4) is 0 Å². The molecule has 0 unspecified atom stereocenters. The molecule has 0 saturated carbocycles. The summed E-state index contributed by atoms with van der Waals surface area (Å²) in [5, 5.41) is 3.47. The van der Waals surface area contributed by atoms with Gasteiger partial charge in [-0.25, -0.2) is 15.0 Å². The Labute approximate surface area is 323 Å². The molecular formula is C51H34N4O. The van der Waals surface area contributed by atoms with E-state index in [0.717, 1.165) is 68.6 Å². The molecule has 0 N–H and O–H groups in total. The van der Waals surface area contributed by atoms with Crippen LogP contribution in [-0.4, -0.2) is 19.5 Å². The van der Waals surface area contributed by atoms with Gasteiger partial charge in [0.15, 0.2) is 17.5 Å². The number of aryl methyl sites for hydroxylation is 1. The molecule has 0 bridgehead atoms. The van der Waals surface area contributed by atoms with Crippen molar-refractivity contribution in [3.63, 3.8) is 0 Å². The predicted octanol–water partition coefficient (Wildman–Crippen LogP) is 12.8. The molecule has 0 aliphatic heterocycles. The highest BCUT2D eigenvalue weighted by Gasteiger charge is 2.26. The van der Waals surface area contributed by atoms with E-state index in [1.165, 1.54) is 33.0 Å². The first-order valence-corrected chi connectivity index (χ1v) is 19.1. The molecule has 0 fully saturated rings. The minimum Gasteiger partial charge on any atom is -0.460 e. The minimum absolute atomic E-state index is 0.648. The van der Waals surface area contributed by atoms with Gasteiger partial charge >= 0.3 is 0 Å². The van der Waals surface area contributed by atoms with Crippen LogP contribution in [0.5, 0.6) is 0 Å². The first-order chi connectivity index (χ1) is 27.7. The fourth-order valence-electron chi connectivity index (χ4n) is 8.25. The second kappa shape index (κ2) is 13.2. The van der Waals surface area contributed by atoms with Gasteiger partial charge < -0.3 is 8.98 Å². The van der Waals surface area contributed by atoms with Gasteiger partial charge in [-0.2, -0.15) is 0 Å². The number of rotatable bonds is 6. The molecule has 0 saturated heterocycles. The van der Waals surface area contributed by atoms with E-state index < -0.39 is 0 Å². The molecule has 3 heterocycles. The highest BCUT2D eigenvalue weighted by molar-refractivity contribution is 6.12. The van der Waals surface area contributed by atoms with Gasteiger partial charge in [-0.1, -0.05) is 140 Å². The fraction of sp³-hybridized carbons (Fsp3) is 0.0392. The summed E-state index contributed by atoms with van der Waals surface area (Å²) in [5.74, 6) is 2.90. The Bertz CT molecular complexity index is 2950. The molecule has 0 amide bonds. The number of hydrogen-bond donors (Lipinski definition) is 0. The van der Waals surface area contributed by atoms with Crippen LogP contribution in [0.25, 0.3) is 89.1 Å². The quantitative estimate of drug-likeness (QED) is 0.172. The second-order valence-corrected chi connectivity index (χ2v) is 14.3. The number of nitrogens with zero attached hydrogens (tertiary/aromatic N) is 4. The van der Waals surface area contributed by atoms with E-state index in [1.54, 1.807) is 0 Å². The molecule has 0 atom stereocenters. The Morgan fingerprint density at radius 1 is 0.429 bits per heavy atom. The smallest absolute Gasteiger partial charge is 0.164 e. The van der Waals surface area contributed by atoms with Crippen LogP contribution < -0.4 is 0 Å². The maximum absolute atomic E-state index is 6.76. The Morgan fingerprint density at radius 2 is 0.929 bits per heavy atom. The molecule has 5 heteroatoms. The first-order valence-electron chi connectivity index (χ1n) is 19.1. The lowest BCUT2D eigenvalue weighted by molar-refractivity contribution is 0.545. The Hall–Kier alpha value is -7.37. The predicted molar refractivity (Wildman–Crippen MR) is 228 cm³/mol. The highest BCUT2D eigenvalue weighted by atomic mass is 16.3. The van der Waals surface area contributed by atoms with E-state index in [2.05, 4.69) is 126 Å². The van der Waals surface area contributed by atoms with E-state index >= 15 is 0 Å². The van der Waals surface area contributed by atoms with E-state index in [4.69, 9.17) is 19.4 Å². The lowest BCUT2D eigenvalue weighted by Gasteiger charge is -2.14. The van der Waals surface area contributed by atoms with Gasteiger partial charge in [-0.15, -0.1) is 0 Å². The standard InChI is InChI=1S/C51H34N4O/c1-5-14-33(15-6-1)37-24-28-44-42(30-37)43-31-38(34-16-7-2-8-17-34)25-29-45(43)55(44)39-26-27-40-47(32-39)56-46-23-13-22-41(48(40)46)51-53-49(35-18-9-3-10-19-35)52-50(54-51)36-20-11-4-12-21-36/h1-12,14-22,24-32H,13,23H2. The monoisotopic (exact) mass is 718 g/mol. The molecule has 5 nitrogen and oxygen atoms in total. The molecule has 11 rings (SSSR count). The number of benzene rings is 7. The third kappa shape index (κ3) is 5.44. The molecule has 56 heavy (non-hydrogen) atoms. The average Bonchev–Trinajstić information content (AvgIpc) is 3.82. The van der Waals surface area contributed by atoms with Crippen molar-refractivity contribution < 1.29 is 4.42 Å². The number of hydrogen-bond acceptors (Lipinski definition) is 4. The summed E-state index contributed by atoms with van der Waals surface area (Å²) in [6, 6.07) is 61.7. The molecule has 264 valence electrons. The SMILES string of the molecule is C1=C(c2nc(-c3ccccc3)nc(-c3ccccc3)n2)c2c(oc3cc(-n4c5ccc(-c6ccccc6)cc5c5cc(-c6ccccc6)ccc54)ccc23)CC1. The summed E-state index contributed by atoms with van der Waals surface area (Å²) >= 11 is 0. The largest absolute Gasteiger partial charge is 0.460 e.